The lowest BCUT2D eigenvalue weighted by atomic mass is 10.3. The summed E-state index contributed by atoms with van der Waals surface area (Å²) in [6.45, 7) is 10.4. The summed E-state index contributed by atoms with van der Waals surface area (Å²) in [5, 5.41) is 5.29. The molecule has 2 N–H and O–H groups in total. The molecule has 16 nitrogen and oxygen atoms in total. The Morgan fingerprint density at radius 2 is 0.915 bits per heavy atom. The number of carbonyl (C=O) groups excluding carboxylic acids is 4. The fraction of sp³-hybridized carbons (Fsp3) is 0.724. The van der Waals surface area contributed by atoms with E-state index in [0.717, 1.165) is 6.08 Å². The van der Waals surface area contributed by atoms with Crippen LogP contribution in [0.25, 0.3) is 0 Å². The molecule has 0 saturated heterocycles. The van der Waals surface area contributed by atoms with Crippen molar-refractivity contribution in [2.45, 2.75) is 57.5 Å². The zero-order chi connectivity index (χ0) is 36.0. The van der Waals surface area contributed by atoms with Crippen molar-refractivity contribution in [2.24, 2.45) is 0 Å². The minimum Gasteiger partial charge on any atom is -0.463 e. The molecule has 0 fully saturated rings. The number of carbonyl (C=O) groups is 4. The number of esters is 2. The molecule has 18 heteroatoms. The van der Waals surface area contributed by atoms with E-state index >= 15 is 0 Å². The smallest absolute Gasteiger partial charge is 0.463 e. The predicted octanol–water partition coefficient (Wildman–Crippen LogP) is 3.37. The van der Waals surface area contributed by atoms with Gasteiger partial charge in [-0.25, -0.2) is 19.2 Å². The standard InChI is InChI=1S/C15H29NO7Si.C14H27NO7Si/c1-13(2)14(17)22-10-6-7-11-23-15(18)16-9-8-12-24(19-3,20-4)21-5;1-5-13(16)21-10-6-7-11-22-14(17)15-9-8-12-23(18-2,19-3)20-4/h1,6-12H2,2-5H3,(H,16,18);5H,1,6-12H2,2-4H3,(H,15,17). The molecule has 0 bridgehead atoms. The van der Waals surface area contributed by atoms with Crippen molar-refractivity contribution in [3.05, 3.63) is 24.8 Å². The highest BCUT2D eigenvalue weighted by Gasteiger charge is 2.37. The van der Waals surface area contributed by atoms with Gasteiger partial charge in [0.05, 0.1) is 26.4 Å². The fourth-order valence-electron chi connectivity index (χ4n) is 3.46. The Balaban J connectivity index is 0. The average Bonchev–Trinajstić information content (AvgIpc) is 3.08. The molecule has 0 saturated carbocycles. The number of amides is 2. The number of ether oxygens (including phenoxy) is 4. The summed E-state index contributed by atoms with van der Waals surface area (Å²) in [5.41, 5.74) is 0.369. The summed E-state index contributed by atoms with van der Waals surface area (Å²) in [4.78, 5) is 44.8. The van der Waals surface area contributed by atoms with E-state index in [1.807, 2.05) is 0 Å². The molecule has 0 heterocycles. The summed E-state index contributed by atoms with van der Waals surface area (Å²) < 4.78 is 51.4. The Bertz CT molecular complexity index is 886. The maximum Gasteiger partial charge on any atom is 0.500 e. The van der Waals surface area contributed by atoms with Crippen molar-refractivity contribution in [3.63, 3.8) is 0 Å². The van der Waals surface area contributed by atoms with Gasteiger partial charge in [-0.05, 0) is 45.4 Å². The Labute approximate surface area is 281 Å². The van der Waals surface area contributed by atoms with Crippen LogP contribution in [-0.2, 0) is 55.1 Å². The van der Waals surface area contributed by atoms with Crippen LogP contribution in [0.4, 0.5) is 9.59 Å². The van der Waals surface area contributed by atoms with E-state index in [0.29, 0.717) is 69.3 Å². The van der Waals surface area contributed by atoms with Crippen LogP contribution < -0.4 is 10.6 Å². The van der Waals surface area contributed by atoms with E-state index in [1.54, 1.807) is 49.6 Å². The number of unbranched alkanes of at least 4 members (excludes halogenated alkanes) is 2. The zero-order valence-electron chi connectivity index (χ0n) is 29.1. The monoisotopic (exact) mass is 712 g/mol. The van der Waals surface area contributed by atoms with E-state index in [1.165, 1.54) is 0 Å². The Morgan fingerprint density at radius 3 is 1.23 bits per heavy atom. The third-order valence-corrected chi connectivity index (χ3v) is 11.9. The van der Waals surface area contributed by atoms with E-state index < -0.39 is 41.7 Å². The lowest BCUT2D eigenvalue weighted by Gasteiger charge is -2.24. The number of nitrogens with one attached hydrogen (secondary N) is 2. The average molecular weight is 713 g/mol. The molecule has 0 spiro atoms. The van der Waals surface area contributed by atoms with Gasteiger partial charge in [0.2, 0.25) is 0 Å². The molecule has 0 aromatic heterocycles. The van der Waals surface area contributed by atoms with Crippen LogP contribution in [0.2, 0.25) is 12.1 Å². The SMILES string of the molecule is C=C(C)C(=O)OCCCCOC(=O)NCCC[Si](OC)(OC)OC.C=CC(=O)OCCCCOC(=O)NCCC[Si](OC)(OC)OC. The first-order valence-corrected chi connectivity index (χ1v) is 19.0. The molecule has 0 aliphatic rings. The minimum atomic E-state index is -2.59. The fourth-order valence-corrected chi connectivity index (χ4v) is 6.91. The second-order valence-corrected chi connectivity index (χ2v) is 15.8. The second kappa shape index (κ2) is 29.3. The molecule has 2 amide bonds. The molecular weight excluding hydrogens is 656 g/mol. The van der Waals surface area contributed by atoms with Crippen LogP contribution in [0.1, 0.15) is 45.4 Å². The molecule has 0 radical (unpaired) electrons. The first kappa shape index (κ1) is 46.3. The molecule has 0 aliphatic heterocycles. The molecular formula is C29H56N2O14Si2. The maximum absolute atomic E-state index is 11.5. The normalized spacial score (nSPS) is 11.0. The first-order chi connectivity index (χ1) is 22.4. The van der Waals surface area contributed by atoms with Gasteiger partial charge in [-0.2, -0.15) is 0 Å². The summed E-state index contributed by atoms with van der Waals surface area (Å²) in [6.07, 6.45) is 3.95. The summed E-state index contributed by atoms with van der Waals surface area (Å²) in [6, 6.07) is 1.20. The van der Waals surface area contributed by atoms with Gasteiger partial charge >= 0.3 is 41.7 Å². The van der Waals surface area contributed by atoms with Gasteiger partial charge < -0.3 is 56.1 Å². The lowest BCUT2D eigenvalue weighted by molar-refractivity contribution is -0.139. The van der Waals surface area contributed by atoms with Crippen LogP contribution in [-0.4, -0.2) is 124 Å². The van der Waals surface area contributed by atoms with Crippen molar-refractivity contribution in [1.82, 2.24) is 10.6 Å². The Hall–Kier alpha value is -2.85. The molecule has 0 atom stereocenters. The molecule has 0 rings (SSSR count). The maximum atomic E-state index is 11.5. The van der Waals surface area contributed by atoms with Crippen LogP contribution in [0.15, 0.2) is 24.8 Å². The molecule has 0 aromatic carbocycles. The van der Waals surface area contributed by atoms with Crippen molar-refractivity contribution in [3.8, 4) is 0 Å². The topological polar surface area (TPSA) is 185 Å². The third kappa shape index (κ3) is 24.0. The quantitative estimate of drug-likeness (QED) is 0.0437. The van der Waals surface area contributed by atoms with Crippen molar-refractivity contribution in [1.29, 1.82) is 0 Å². The van der Waals surface area contributed by atoms with Crippen LogP contribution >= 0.6 is 0 Å². The lowest BCUT2D eigenvalue weighted by Crippen LogP contribution is -2.43. The Morgan fingerprint density at radius 1 is 0.574 bits per heavy atom. The van der Waals surface area contributed by atoms with Gasteiger partial charge in [0.15, 0.2) is 0 Å². The van der Waals surface area contributed by atoms with Crippen LogP contribution in [0, 0.1) is 0 Å². The summed E-state index contributed by atoms with van der Waals surface area (Å²) in [5.74, 6) is -0.858. The third-order valence-electron chi connectivity index (χ3n) is 6.26. The first-order valence-electron chi connectivity index (χ1n) is 15.2. The number of rotatable bonds is 26. The van der Waals surface area contributed by atoms with E-state index in [9.17, 15) is 19.2 Å². The van der Waals surface area contributed by atoms with Crippen LogP contribution in [0.3, 0.4) is 0 Å². The van der Waals surface area contributed by atoms with Gasteiger partial charge in [0.1, 0.15) is 0 Å². The van der Waals surface area contributed by atoms with Gasteiger partial charge in [0, 0.05) is 79.5 Å². The number of hydrogen-bond acceptors (Lipinski definition) is 14. The highest BCUT2D eigenvalue weighted by Crippen LogP contribution is 2.15. The van der Waals surface area contributed by atoms with Crippen molar-refractivity contribution < 1.29 is 64.7 Å². The minimum absolute atomic E-state index is 0.267. The molecule has 47 heavy (non-hydrogen) atoms. The van der Waals surface area contributed by atoms with Gasteiger partial charge in [-0.1, -0.05) is 13.2 Å². The van der Waals surface area contributed by atoms with Crippen LogP contribution in [0.5, 0.6) is 0 Å². The highest BCUT2D eigenvalue weighted by atomic mass is 28.4. The van der Waals surface area contributed by atoms with E-state index in [4.69, 9.17) is 45.5 Å². The molecule has 0 unspecified atom stereocenters. The largest absolute Gasteiger partial charge is 0.500 e. The molecule has 0 aliphatic carbocycles. The van der Waals surface area contributed by atoms with E-state index in [-0.39, 0.29) is 26.4 Å². The van der Waals surface area contributed by atoms with Crippen molar-refractivity contribution in [2.75, 3.05) is 82.2 Å². The highest BCUT2D eigenvalue weighted by molar-refractivity contribution is 6.60. The molecule has 0 aromatic rings. The number of hydrogen-bond donors (Lipinski definition) is 2. The zero-order valence-corrected chi connectivity index (χ0v) is 31.1. The Kier molecular flexibility index (Phi) is 28.9. The second-order valence-electron chi connectivity index (χ2n) is 9.63. The van der Waals surface area contributed by atoms with E-state index in [2.05, 4.69) is 23.8 Å². The molecule has 274 valence electrons. The summed E-state index contributed by atoms with van der Waals surface area (Å²) in [7, 11) is 4.13. The van der Waals surface area contributed by atoms with Gasteiger partial charge in [-0.3, -0.25) is 0 Å². The summed E-state index contributed by atoms with van der Waals surface area (Å²) >= 11 is 0. The van der Waals surface area contributed by atoms with Crippen molar-refractivity contribution >= 4 is 41.7 Å². The van der Waals surface area contributed by atoms with Gasteiger partial charge in [0.25, 0.3) is 0 Å². The van der Waals surface area contributed by atoms with Gasteiger partial charge in [-0.15, -0.1) is 0 Å². The number of alkyl carbamates (subject to hydrolysis) is 2. The predicted molar refractivity (Wildman–Crippen MR) is 177 cm³/mol.